The van der Waals surface area contributed by atoms with Gasteiger partial charge in [-0.05, 0) is 17.9 Å². The van der Waals surface area contributed by atoms with Gasteiger partial charge in [-0.2, -0.15) is 0 Å². The molecule has 1 heterocycles. The number of hydrogen-bond acceptors (Lipinski definition) is 5. The molecule has 1 aromatic rings. The molecule has 0 spiro atoms. The van der Waals surface area contributed by atoms with Crippen LogP contribution >= 0.6 is 23.1 Å². The summed E-state index contributed by atoms with van der Waals surface area (Å²) < 4.78 is 0. The van der Waals surface area contributed by atoms with E-state index in [0.29, 0.717) is 6.54 Å². The number of carboxylic acids is 1. The van der Waals surface area contributed by atoms with Crippen molar-refractivity contribution in [2.45, 2.75) is 19.4 Å². The van der Waals surface area contributed by atoms with E-state index in [1.54, 1.807) is 11.3 Å². The van der Waals surface area contributed by atoms with Crippen LogP contribution in [0.15, 0.2) is 17.5 Å². The average Bonchev–Trinajstić information content (AvgIpc) is 2.90. The van der Waals surface area contributed by atoms with E-state index in [1.807, 2.05) is 17.5 Å². The van der Waals surface area contributed by atoms with E-state index >= 15 is 0 Å². The molecule has 0 aliphatic heterocycles. The lowest BCUT2D eigenvalue weighted by atomic mass is 10.3. The van der Waals surface area contributed by atoms with Crippen molar-refractivity contribution in [2.24, 2.45) is 0 Å². The first-order valence-electron chi connectivity index (χ1n) is 6.35. The van der Waals surface area contributed by atoms with E-state index in [1.165, 1.54) is 23.6 Å². The second-order valence-electron chi connectivity index (χ2n) is 4.29. The van der Waals surface area contributed by atoms with Gasteiger partial charge in [0.25, 0.3) is 0 Å². The first-order chi connectivity index (χ1) is 9.99. The molecule has 6 nitrogen and oxygen atoms in total. The number of thioether (sulfide) groups is 1. The lowest BCUT2D eigenvalue weighted by molar-refractivity contribution is -0.140. The summed E-state index contributed by atoms with van der Waals surface area (Å²) in [5.74, 6) is -1.30. The monoisotopic (exact) mass is 330 g/mol. The quantitative estimate of drug-likeness (QED) is 0.620. The zero-order valence-electron chi connectivity index (χ0n) is 11.6. The molecule has 0 saturated heterocycles. The minimum Gasteiger partial charge on any atom is -0.480 e. The molecular weight excluding hydrogens is 312 g/mol. The predicted molar refractivity (Wildman–Crippen MR) is 83.6 cm³/mol. The molecule has 1 atom stereocenters. The Bertz CT molecular complexity index is 477. The largest absolute Gasteiger partial charge is 0.480 e. The van der Waals surface area contributed by atoms with Gasteiger partial charge in [-0.15, -0.1) is 23.1 Å². The van der Waals surface area contributed by atoms with Crippen molar-refractivity contribution in [3.05, 3.63) is 22.4 Å². The molecule has 0 aliphatic carbocycles. The molecule has 8 heteroatoms. The second-order valence-corrected chi connectivity index (χ2v) is 6.35. The van der Waals surface area contributed by atoms with Crippen LogP contribution in [0.2, 0.25) is 0 Å². The zero-order chi connectivity index (χ0) is 15.7. The number of carboxylic acid groups (broad SMARTS) is 1. The third kappa shape index (κ3) is 7.72. The number of carbonyl (C=O) groups excluding carboxylic acids is 2. The van der Waals surface area contributed by atoms with E-state index in [2.05, 4.69) is 10.6 Å². The van der Waals surface area contributed by atoms with Crippen molar-refractivity contribution in [3.8, 4) is 0 Å². The van der Waals surface area contributed by atoms with Gasteiger partial charge in [0.05, 0.1) is 5.75 Å². The normalized spacial score (nSPS) is 11.7. The van der Waals surface area contributed by atoms with Crippen molar-refractivity contribution in [2.75, 3.05) is 18.1 Å². The number of nitrogens with one attached hydrogen (secondary N) is 2. The molecule has 3 N–H and O–H groups in total. The molecule has 0 aromatic carbocycles. The Morgan fingerprint density at radius 2 is 2.19 bits per heavy atom. The van der Waals surface area contributed by atoms with Gasteiger partial charge in [-0.1, -0.05) is 6.07 Å². The van der Waals surface area contributed by atoms with Crippen LogP contribution < -0.4 is 10.6 Å². The third-order valence-corrected chi connectivity index (χ3v) is 4.44. The maximum Gasteiger partial charge on any atom is 0.327 e. The van der Waals surface area contributed by atoms with Crippen LogP contribution in [0.25, 0.3) is 0 Å². The minimum atomic E-state index is -1.10. The molecule has 0 fully saturated rings. The summed E-state index contributed by atoms with van der Waals surface area (Å²) in [6, 6.07) is 3.01. The van der Waals surface area contributed by atoms with Gasteiger partial charge in [0, 0.05) is 24.1 Å². The molecular formula is C13H18N2O4S2. The molecule has 116 valence electrons. The number of carbonyl (C=O) groups is 3. The second kappa shape index (κ2) is 9.41. The van der Waals surface area contributed by atoms with Crippen molar-refractivity contribution in [1.29, 1.82) is 0 Å². The van der Waals surface area contributed by atoms with Crippen LogP contribution in [-0.2, 0) is 20.8 Å². The van der Waals surface area contributed by atoms with Crippen molar-refractivity contribution >= 4 is 40.9 Å². The van der Waals surface area contributed by atoms with Gasteiger partial charge in [-0.3, -0.25) is 9.59 Å². The molecule has 0 radical (unpaired) electrons. The summed E-state index contributed by atoms with van der Waals surface area (Å²) in [6.45, 7) is 1.83. The average molecular weight is 330 g/mol. The van der Waals surface area contributed by atoms with Crippen molar-refractivity contribution in [1.82, 2.24) is 10.6 Å². The SMILES string of the molecule is CC(=O)N[C@@H](CSCC(=O)NCCc1cccs1)C(=O)O. The van der Waals surface area contributed by atoms with E-state index in [-0.39, 0.29) is 17.4 Å². The highest BCUT2D eigenvalue weighted by molar-refractivity contribution is 8.00. The maximum atomic E-state index is 11.6. The first-order valence-corrected chi connectivity index (χ1v) is 8.39. The number of amides is 2. The maximum absolute atomic E-state index is 11.6. The van der Waals surface area contributed by atoms with Gasteiger partial charge in [0.1, 0.15) is 6.04 Å². The summed E-state index contributed by atoms with van der Waals surface area (Å²) >= 11 is 2.83. The highest BCUT2D eigenvalue weighted by Gasteiger charge is 2.18. The smallest absolute Gasteiger partial charge is 0.327 e. The Morgan fingerprint density at radius 3 is 2.76 bits per heavy atom. The number of hydrogen-bond donors (Lipinski definition) is 3. The van der Waals surface area contributed by atoms with Gasteiger partial charge in [0.15, 0.2) is 0 Å². The van der Waals surface area contributed by atoms with Crippen LogP contribution in [-0.4, -0.2) is 47.0 Å². The van der Waals surface area contributed by atoms with Crippen LogP contribution in [0, 0.1) is 0 Å². The third-order valence-electron chi connectivity index (χ3n) is 2.47. The lowest BCUT2D eigenvalue weighted by Crippen LogP contribution is -2.41. The van der Waals surface area contributed by atoms with Crippen LogP contribution in [0.1, 0.15) is 11.8 Å². The highest BCUT2D eigenvalue weighted by atomic mass is 32.2. The molecule has 2 amide bonds. The van der Waals surface area contributed by atoms with Crippen molar-refractivity contribution in [3.63, 3.8) is 0 Å². The summed E-state index contributed by atoms with van der Waals surface area (Å²) in [5, 5.41) is 16.0. The molecule has 0 bridgehead atoms. The van der Waals surface area contributed by atoms with Crippen LogP contribution in [0.4, 0.5) is 0 Å². The van der Waals surface area contributed by atoms with Gasteiger partial charge < -0.3 is 15.7 Å². The van der Waals surface area contributed by atoms with Gasteiger partial charge >= 0.3 is 5.97 Å². The van der Waals surface area contributed by atoms with Gasteiger partial charge in [0.2, 0.25) is 11.8 Å². The Kier molecular flexibility index (Phi) is 7.84. The summed E-state index contributed by atoms with van der Waals surface area (Å²) in [6.07, 6.45) is 0.789. The Balaban J connectivity index is 2.16. The molecule has 1 aromatic heterocycles. The zero-order valence-corrected chi connectivity index (χ0v) is 13.3. The fourth-order valence-electron chi connectivity index (χ4n) is 1.52. The van der Waals surface area contributed by atoms with Crippen LogP contribution in [0.5, 0.6) is 0 Å². The number of aliphatic carboxylic acids is 1. The highest BCUT2D eigenvalue weighted by Crippen LogP contribution is 2.08. The van der Waals surface area contributed by atoms with Crippen molar-refractivity contribution < 1.29 is 19.5 Å². The first kappa shape index (κ1) is 17.5. The Labute approximate surface area is 131 Å². The summed E-state index contributed by atoms with van der Waals surface area (Å²) in [4.78, 5) is 34.5. The Morgan fingerprint density at radius 1 is 1.43 bits per heavy atom. The fourth-order valence-corrected chi connectivity index (χ4v) is 3.10. The topological polar surface area (TPSA) is 95.5 Å². The molecule has 0 aliphatic rings. The van der Waals surface area contributed by atoms with Gasteiger partial charge in [-0.25, -0.2) is 4.79 Å². The lowest BCUT2D eigenvalue weighted by Gasteiger charge is -2.12. The molecule has 0 saturated carbocycles. The fraction of sp³-hybridized carbons (Fsp3) is 0.462. The van der Waals surface area contributed by atoms with Crippen LogP contribution in [0.3, 0.4) is 0 Å². The molecule has 1 rings (SSSR count). The van der Waals surface area contributed by atoms with E-state index in [0.717, 1.165) is 6.42 Å². The van der Waals surface area contributed by atoms with E-state index in [4.69, 9.17) is 5.11 Å². The number of thiophene rings is 1. The predicted octanol–water partition coefficient (Wildman–Crippen LogP) is 0.729. The summed E-state index contributed by atoms with van der Waals surface area (Å²) in [5.41, 5.74) is 0. The summed E-state index contributed by atoms with van der Waals surface area (Å²) in [7, 11) is 0. The number of rotatable bonds is 9. The standard InChI is InChI=1S/C13H18N2O4S2/c1-9(16)15-11(13(18)19)7-20-8-12(17)14-5-4-10-3-2-6-21-10/h2-3,6,11H,4-5,7-8H2,1H3,(H,14,17)(H,15,16)(H,18,19)/t11-/m0/s1. The van der Waals surface area contributed by atoms with E-state index < -0.39 is 17.9 Å². The minimum absolute atomic E-state index is 0.136. The molecule has 21 heavy (non-hydrogen) atoms. The Hall–Kier alpha value is -1.54. The molecule has 0 unspecified atom stereocenters. The van der Waals surface area contributed by atoms with E-state index in [9.17, 15) is 14.4 Å².